The zero-order valence-electron chi connectivity index (χ0n) is 19.8. The van der Waals surface area contributed by atoms with Gasteiger partial charge in [-0.1, -0.05) is 61.3 Å². The summed E-state index contributed by atoms with van der Waals surface area (Å²) in [6.07, 6.45) is 2.13. The summed E-state index contributed by atoms with van der Waals surface area (Å²) < 4.78 is 26.1. The van der Waals surface area contributed by atoms with Crippen LogP contribution in [0.1, 0.15) is 39.2 Å². The van der Waals surface area contributed by atoms with E-state index in [9.17, 15) is 18.0 Å². The van der Waals surface area contributed by atoms with Crippen LogP contribution in [-0.4, -0.2) is 50.0 Å². The minimum atomic E-state index is -3.76. The molecule has 1 N–H and O–H groups in total. The molecule has 2 aromatic rings. The highest BCUT2D eigenvalue weighted by Gasteiger charge is 2.32. The largest absolute Gasteiger partial charge is 0.352 e. The summed E-state index contributed by atoms with van der Waals surface area (Å²) in [4.78, 5) is 28.0. The Balaban J connectivity index is 2.44. The highest BCUT2D eigenvalue weighted by molar-refractivity contribution is 7.92. The number of sulfonamides is 1. The lowest BCUT2D eigenvalue weighted by atomic mass is 10.1. The van der Waals surface area contributed by atoms with E-state index in [1.165, 1.54) is 4.90 Å². The number of carbonyl (C=O) groups is 2. The SMILES string of the molecule is CC[C@H](C(=O)N[C@@H](C)CC)N(Cc1ccc(Cl)c(Cl)c1)C(=O)CN(c1ccccc1)S(C)(=O)=O. The van der Waals surface area contributed by atoms with E-state index >= 15 is 0 Å². The van der Waals surface area contributed by atoms with Gasteiger partial charge in [0.2, 0.25) is 21.8 Å². The van der Waals surface area contributed by atoms with E-state index < -0.39 is 28.5 Å². The van der Waals surface area contributed by atoms with Crippen LogP contribution < -0.4 is 9.62 Å². The van der Waals surface area contributed by atoms with Crippen LogP contribution in [0.3, 0.4) is 0 Å². The number of para-hydroxylation sites is 1. The van der Waals surface area contributed by atoms with Crippen LogP contribution in [0.4, 0.5) is 5.69 Å². The first-order valence-corrected chi connectivity index (χ1v) is 13.6. The molecule has 34 heavy (non-hydrogen) atoms. The zero-order valence-corrected chi connectivity index (χ0v) is 22.1. The number of hydrogen-bond donors (Lipinski definition) is 1. The van der Waals surface area contributed by atoms with Crippen molar-refractivity contribution in [3.8, 4) is 0 Å². The maximum absolute atomic E-state index is 13.6. The van der Waals surface area contributed by atoms with Crippen molar-refractivity contribution in [2.75, 3.05) is 17.1 Å². The lowest BCUT2D eigenvalue weighted by Gasteiger charge is -2.33. The molecule has 0 spiro atoms. The van der Waals surface area contributed by atoms with E-state index in [4.69, 9.17) is 23.2 Å². The molecule has 0 aliphatic rings. The summed E-state index contributed by atoms with van der Waals surface area (Å²) in [5.74, 6) is -0.803. The third-order valence-corrected chi connectivity index (χ3v) is 7.33. The van der Waals surface area contributed by atoms with Crippen molar-refractivity contribution in [2.45, 2.75) is 52.2 Å². The monoisotopic (exact) mass is 527 g/mol. The van der Waals surface area contributed by atoms with Crippen molar-refractivity contribution in [1.29, 1.82) is 0 Å². The van der Waals surface area contributed by atoms with Gasteiger partial charge in [0.25, 0.3) is 0 Å². The predicted octanol–water partition coefficient (Wildman–Crippen LogP) is 4.48. The molecular formula is C24H31Cl2N3O4S. The molecule has 0 saturated heterocycles. The van der Waals surface area contributed by atoms with E-state index in [1.54, 1.807) is 48.5 Å². The van der Waals surface area contributed by atoms with Crippen LogP contribution >= 0.6 is 23.2 Å². The quantitative estimate of drug-likeness (QED) is 0.466. The van der Waals surface area contributed by atoms with Crippen molar-refractivity contribution < 1.29 is 18.0 Å². The second-order valence-electron chi connectivity index (χ2n) is 8.12. The van der Waals surface area contributed by atoms with Crippen LogP contribution in [0.25, 0.3) is 0 Å². The van der Waals surface area contributed by atoms with E-state index in [0.29, 0.717) is 27.7 Å². The minimum absolute atomic E-state index is 0.0640. The third kappa shape index (κ3) is 7.61. The smallest absolute Gasteiger partial charge is 0.244 e. The first kappa shape index (κ1) is 28.0. The lowest BCUT2D eigenvalue weighted by molar-refractivity contribution is -0.140. The van der Waals surface area contributed by atoms with Gasteiger partial charge in [-0.3, -0.25) is 13.9 Å². The molecule has 0 aliphatic carbocycles. The van der Waals surface area contributed by atoms with Crippen molar-refractivity contribution in [1.82, 2.24) is 10.2 Å². The Bertz CT molecular complexity index is 1100. The number of amides is 2. The number of halogens is 2. The molecule has 10 heteroatoms. The summed E-state index contributed by atoms with van der Waals surface area (Å²) in [6, 6.07) is 12.5. The Morgan fingerprint density at radius 1 is 1.00 bits per heavy atom. The first-order valence-electron chi connectivity index (χ1n) is 11.0. The Labute approximate surface area is 212 Å². The highest BCUT2D eigenvalue weighted by Crippen LogP contribution is 2.25. The third-order valence-electron chi connectivity index (χ3n) is 5.45. The average Bonchev–Trinajstić information content (AvgIpc) is 2.79. The molecule has 186 valence electrons. The summed E-state index contributed by atoms with van der Waals surface area (Å²) in [6.45, 7) is 5.26. The van der Waals surface area contributed by atoms with Crippen molar-refractivity contribution in [2.24, 2.45) is 0 Å². The Kier molecular flexibility index (Phi) is 10.2. The van der Waals surface area contributed by atoms with E-state index in [-0.39, 0.29) is 18.5 Å². The van der Waals surface area contributed by atoms with Crippen LogP contribution in [0.15, 0.2) is 48.5 Å². The van der Waals surface area contributed by atoms with Gasteiger partial charge < -0.3 is 10.2 Å². The lowest BCUT2D eigenvalue weighted by Crippen LogP contribution is -2.53. The van der Waals surface area contributed by atoms with Gasteiger partial charge in [-0.2, -0.15) is 0 Å². The van der Waals surface area contributed by atoms with E-state index in [1.807, 2.05) is 20.8 Å². The zero-order chi connectivity index (χ0) is 25.5. The normalized spacial score (nSPS) is 13.1. The molecule has 0 aromatic heterocycles. The van der Waals surface area contributed by atoms with Gasteiger partial charge in [0.1, 0.15) is 12.6 Å². The van der Waals surface area contributed by atoms with Crippen LogP contribution in [0.5, 0.6) is 0 Å². The van der Waals surface area contributed by atoms with E-state index in [0.717, 1.165) is 17.0 Å². The number of nitrogens with zero attached hydrogens (tertiary/aromatic N) is 2. The van der Waals surface area contributed by atoms with E-state index in [2.05, 4.69) is 5.32 Å². The highest BCUT2D eigenvalue weighted by atomic mass is 35.5. The van der Waals surface area contributed by atoms with Crippen molar-refractivity contribution >= 4 is 50.7 Å². The van der Waals surface area contributed by atoms with Gasteiger partial charge in [0, 0.05) is 12.6 Å². The maximum atomic E-state index is 13.6. The summed E-state index contributed by atoms with van der Waals surface area (Å²) in [5, 5.41) is 3.62. The Morgan fingerprint density at radius 3 is 2.18 bits per heavy atom. The van der Waals surface area contributed by atoms with Crippen LogP contribution in [0.2, 0.25) is 10.0 Å². The van der Waals surface area contributed by atoms with Crippen molar-refractivity contribution in [3.63, 3.8) is 0 Å². The molecule has 2 atom stereocenters. The molecule has 2 aromatic carbocycles. The van der Waals surface area contributed by atoms with Gasteiger partial charge in [-0.15, -0.1) is 0 Å². The maximum Gasteiger partial charge on any atom is 0.244 e. The fraction of sp³-hybridized carbons (Fsp3) is 0.417. The van der Waals surface area contributed by atoms with Crippen LogP contribution in [0, 0.1) is 0 Å². The van der Waals surface area contributed by atoms with Gasteiger partial charge in [0.15, 0.2) is 0 Å². The standard InChI is InChI=1S/C24H31Cl2N3O4S/c1-5-17(3)27-24(31)22(6-2)28(15-18-12-13-20(25)21(26)14-18)23(30)16-29(34(4,32)33)19-10-8-7-9-11-19/h7-14,17,22H,5-6,15-16H2,1-4H3,(H,27,31)/t17-,22+/m0/s1. The van der Waals surface area contributed by atoms with Gasteiger partial charge >= 0.3 is 0 Å². The molecule has 0 radical (unpaired) electrons. The molecular weight excluding hydrogens is 497 g/mol. The van der Waals surface area contributed by atoms with Gasteiger partial charge in [-0.05, 0) is 49.6 Å². The molecule has 7 nitrogen and oxygen atoms in total. The summed E-state index contributed by atoms with van der Waals surface area (Å²) in [5.41, 5.74) is 1.04. The Morgan fingerprint density at radius 2 is 1.65 bits per heavy atom. The number of nitrogens with one attached hydrogen (secondary N) is 1. The number of benzene rings is 2. The first-order chi connectivity index (χ1) is 16.0. The fourth-order valence-electron chi connectivity index (χ4n) is 3.40. The second kappa shape index (κ2) is 12.4. The molecule has 0 unspecified atom stereocenters. The molecule has 0 heterocycles. The number of anilines is 1. The molecule has 2 amide bonds. The molecule has 0 bridgehead atoms. The number of rotatable bonds is 11. The number of hydrogen-bond acceptors (Lipinski definition) is 4. The summed E-state index contributed by atoms with van der Waals surface area (Å²) >= 11 is 12.2. The van der Waals surface area contributed by atoms with Gasteiger partial charge in [-0.25, -0.2) is 8.42 Å². The molecule has 0 fully saturated rings. The average molecular weight is 529 g/mol. The number of carbonyl (C=O) groups excluding carboxylic acids is 2. The molecule has 0 aliphatic heterocycles. The van der Waals surface area contributed by atoms with Crippen molar-refractivity contribution in [3.05, 3.63) is 64.1 Å². The van der Waals surface area contributed by atoms with Crippen LogP contribution in [-0.2, 0) is 26.2 Å². The predicted molar refractivity (Wildman–Crippen MR) is 138 cm³/mol. The molecule has 0 saturated carbocycles. The topological polar surface area (TPSA) is 86.8 Å². The minimum Gasteiger partial charge on any atom is -0.352 e. The second-order valence-corrected chi connectivity index (χ2v) is 10.8. The fourth-order valence-corrected chi connectivity index (χ4v) is 4.57. The summed E-state index contributed by atoms with van der Waals surface area (Å²) in [7, 11) is -3.76. The van der Waals surface area contributed by atoms with Gasteiger partial charge in [0.05, 0.1) is 22.0 Å². The molecule has 2 rings (SSSR count). The Hall–Kier alpha value is -2.29.